The van der Waals surface area contributed by atoms with Gasteiger partial charge in [-0.1, -0.05) is 0 Å². The molecule has 0 unspecified atom stereocenters. The van der Waals surface area contributed by atoms with E-state index in [0.29, 0.717) is 12.2 Å². The summed E-state index contributed by atoms with van der Waals surface area (Å²) in [5.74, 6) is -0.242. The topological polar surface area (TPSA) is 43.8 Å². The van der Waals surface area contributed by atoms with Crippen LogP contribution in [-0.4, -0.2) is 9.55 Å². The molecular weight excluding hydrogens is 229 g/mol. The van der Waals surface area contributed by atoms with Crippen LogP contribution in [0.25, 0.3) is 0 Å². The summed E-state index contributed by atoms with van der Waals surface area (Å²) in [7, 11) is 0. The first-order valence-electron chi connectivity index (χ1n) is 6.31. The Kier molecular flexibility index (Phi) is 2.78. The van der Waals surface area contributed by atoms with Gasteiger partial charge >= 0.3 is 0 Å². The zero-order valence-electron chi connectivity index (χ0n) is 10.2. The average Bonchev–Trinajstić information content (AvgIpc) is 2.78. The first kappa shape index (κ1) is 11.3. The maximum absolute atomic E-state index is 13.2. The summed E-state index contributed by atoms with van der Waals surface area (Å²) in [5, 5.41) is 0. The molecule has 0 atom stereocenters. The van der Waals surface area contributed by atoms with Crippen LogP contribution in [0.5, 0.6) is 0 Å². The van der Waals surface area contributed by atoms with Crippen molar-refractivity contribution in [3.05, 3.63) is 47.3 Å². The molecule has 0 fully saturated rings. The van der Waals surface area contributed by atoms with Crippen LogP contribution in [0.4, 0.5) is 10.1 Å². The smallest absolute Gasteiger partial charge is 0.123 e. The zero-order chi connectivity index (χ0) is 12.5. The minimum Gasteiger partial charge on any atom is -0.398 e. The molecule has 0 radical (unpaired) electrons. The Hall–Kier alpha value is -1.84. The molecule has 1 aromatic carbocycles. The predicted octanol–water partition coefficient (Wildman–Crippen LogP) is 2.53. The molecule has 2 aromatic rings. The standard InChI is InChI=1S/C14H16FN3/c15-11-5-6-12(16)10(7-11)8-18-9-17-13-3-1-2-4-14(13)18/h5-7,9H,1-4,8,16H2. The highest BCUT2D eigenvalue weighted by molar-refractivity contribution is 5.47. The van der Waals surface area contributed by atoms with E-state index in [1.165, 1.54) is 36.4 Å². The van der Waals surface area contributed by atoms with Crippen molar-refractivity contribution in [2.75, 3.05) is 5.73 Å². The van der Waals surface area contributed by atoms with Crippen LogP contribution in [0.1, 0.15) is 29.8 Å². The second kappa shape index (κ2) is 4.44. The molecule has 3 nitrogen and oxygen atoms in total. The fourth-order valence-corrected chi connectivity index (χ4v) is 2.56. The number of halogens is 1. The average molecular weight is 245 g/mol. The number of rotatable bonds is 2. The summed E-state index contributed by atoms with van der Waals surface area (Å²) in [5.41, 5.74) is 9.81. The quantitative estimate of drug-likeness (QED) is 0.826. The molecule has 0 saturated carbocycles. The maximum atomic E-state index is 13.2. The van der Waals surface area contributed by atoms with Gasteiger partial charge in [-0.15, -0.1) is 0 Å². The van der Waals surface area contributed by atoms with Gasteiger partial charge in [0.05, 0.1) is 18.6 Å². The third-order valence-corrected chi connectivity index (χ3v) is 3.56. The molecule has 18 heavy (non-hydrogen) atoms. The van der Waals surface area contributed by atoms with Gasteiger partial charge in [-0.3, -0.25) is 0 Å². The van der Waals surface area contributed by atoms with Gasteiger partial charge < -0.3 is 10.3 Å². The number of aryl methyl sites for hydroxylation is 1. The van der Waals surface area contributed by atoms with Crippen molar-refractivity contribution in [3.8, 4) is 0 Å². The monoisotopic (exact) mass is 245 g/mol. The van der Waals surface area contributed by atoms with E-state index in [-0.39, 0.29) is 5.82 Å². The third-order valence-electron chi connectivity index (χ3n) is 3.56. The van der Waals surface area contributed by atoms with E-state index >= 15 is 0 Å². The van der Waals surface area contributed by atoms with Gasteiger partial charge in [-0.2, -0.15) is 0 Å². The third kappa shape index (κ3) is 1.98. The fourth-order valence-electron chi connectivity index (χ4n) is 2.56. The van der Waals surface area contributed by atoms with Crippen molar-refractivity contribution in [2.24, 2.45) is 0 Å². The Morgan fingerprint density at radius 2 is 2.11 bits per heavy atom. The van der Waals surface area contributed by atoms with Gasteiger partial charge in [0.25, 0.3) is 0 Å². The number of hydrogen-bond acceptors (Lipinski definition) is 2. The summed E-state index contributed by atoms with van der Waals surface area (Å²) in [6.07, 6.45) is 6.38. The van der Waals surface area contributed by atoms with Crippen molar-refractivity contribution in [3.63, 3.8) is 0 Å². The Labute approximate surface area is 105 Å². The van der Waals surface area contributed by atoms with Gasteiger partial charge in [0.1, 0.15) is 5.82 Å². The number of imidazole rings is 1. The largest absolute Gasteiger partial charge is 0.398 e. The highest BCUT2D eigenvalue weighted by Gasteiger charge is 2.15. The van der Waals surface area contributed by atoms with Crippen molar-refractivity contribution >= 4 is 5.69 Å². The Bertz CT molecular complexity index is 574. The van der Waals surface area contributed by atoms with Crippen molar-refractivity contribution in [2.45, 2.75) is 32.2 Å². The first-order chi connectivity index (χ1) is 8.74. The normalized spacial score (nSPS) is 14.5. The van der Waals surface area contributed by atoms with E-state index < -0.39 is 0 Å². The van der Waals surface area contributed by atoms with Gasteiger partial charge in [0.15, 0.2) is 0 Å². The highest BCUT2D eigenvalue weighted by atomic mass is 19.1. The molecular formula is C14H16FN3. The van der Waals surface area contributed by atoms with Crippen LogP contribution in [0.2, 0.25) is 0 Å². The van der Waals surface area contributed by atoms with Gasteiger partial charge in [0.2, 0.25) is 0 Å². The van der Waals surface area contributed by atoms with Crippen LogP contribution >= 0.6 is 0 Å². The van der Waals surface area contributed by atoms with Gasteiger partial charge in [0, 0.05) is 11.4 Å². The minimum absolute atomic E-state index is 0.242. The first-order valence-corrected chi connectivity index (χ1v) is 6.31. The number of aromatic nitrogens is 2. The van der Waals surface area contributed by atoms with Crippen LogP contribution < -0.4 is 5.73 Å². The molecule has 94 valence electrons. The van der Waals surface area contributed by atoms with Crippen LogP contribution in [-0.2, 0) is 19.4 Å². The molecule has 1 aliphatic rings. The number of benzene rings is 1. The molecule has 0 spiro atoms. The van der Waals surface area contributed by atoms with Crippen LogP contribution in [0.15, 0.2) is 24.5 Å². The number of hydrogen-bond donors (Lipinski definition) is 1. The molecule has 4 heteroatoms. The fraction of sp³-hybridized carbons (Fsp3) is 0.357. The number of fused-ring (bicyclic) bond motifs is 1. The lowest BCUT2D eigenvalue weighted by Gasteiger charge is -2.14. The zero-order valence-corrected chi connectivity index (χ0v) is 10.2. The van der Waals surface area contributed by atoms with E-state index in [1.54, 1.807) is 6.07 Å². The Morgan fingerprint density at radius 3 is 3.00 bits per heavy atom. The summed E-state index contributed by atoms with van der Waals surface area (Å²) < 4.78 is 15.3. The van der Waals surface area contributed by atoms with Crippen molar-refractivity contribution in [1.82, 2.24) is 9.55 Å². The van der Waals surface area contributed by atoms with Gasteiger partial charge in [-0.05, 0) is 49.4 Å². The second-order valence-electron chi connectivity index (χ2n) is 4.82. The predicted molar refractivity (Wildman–Crippen MR) is 68.8 cm³/mol. The number of anilines is 1. The SMILES string of the molecule is Nc1ccc(F)cc1Cn1cnc2c1CCCC2. The van der Waals surface area contributed by atoms with E-state index in [0.717, 1.165) is 18.4 Å². The maximum Gasteiger partial charge on any atom is 0.123 e. The molecule has 1 aromatic heterocycles. The molecule has 0 bridgehead atoms. The van der Waals surface area contributed by atoms with Crippen molar-refractivity contribution in [1.29, 1.82) is 0 Å². The molecule has 0 aliphatic heterocycles. The van der Waals surface area contributed by atoms with Crippen molar-refractivity contribution < 1.29 is 4.39 Å². The molecule has 0 saturated heterocycles. The number of nitrogens with zero attached hydrogens (tertiary/aromatic N) is 2. The summed E-state index contributed by atoms with van der Waals surface area (Å²) >= 11 is 0. The molecule has 0 amide bonds. The van der Waals surface area contributed by atoms with Gasteiger partial charge in [-0.25, -0.2) is 9.37 Å². The minimum atomic E-state index is -0.242. The summed E-state index contributed by atoms with van der Waals surface area (Å²) in [4.78, 5) is 4.43. The lowest BCUT2D eigenvalue weighted by molar-refractivity contribution is 0.615. The lowest BCUT2D eigenvalue weighted by Crippen LogP contribution is -2.10. The van der Waals surface area contributed by atoms with Crippen LogP contribution in [0.3, 0.4) is 0 Å². The van der Waals surface area contributed by atoms with E-state index in [4.69, 9.17) is 5.73 Å². The summed E-state index contributed by atoms with van der Waals surface area (Å²) in [6.45, 7) is 0.603. The Balaban J connectivity index is 1.92. The molecule has 1 aliphatic carbocycles. The van der Waals surface area contributed by atoms with E-state index in [9.17, 15) is 4.39 Å². The van der Waals surface area contributed by atoms with Crippen LogP contribution in [0, 0.1) is 5.82 Å². The molecule has 3 rings (SSSR count). The molecule has 2 N–H and O–H groups in total. The number of nitrogens with two attached hydrogens (primary N) is 1. The molecule has 1 heterocycles. The van der Waals surface area contributed by atoms with E-state index in [2.05, 4.69) is 9.55 Å². The summed E-state index contributed by atoms with van der Waals surface area (Å²) in [6, 6.07) is 4.51. The van der Waals surface area contributed by atoms with E-state index in [1.807, 2.05) is 6.33 Å². The second-order valence-corrected chi connectivity index (χ2v) is 4.82. The number of nitrogen functional groups attached to an aromatic ring is 1. The highest BCUT2D eigenvalue weighted by Crippen LogP contribution is 2.22. The Morgan fingerprint density at radius 1 is 1.28 bits per heavy atom. The lowest BCUT2D eigenvalue weighted by atomic mass is 10.0.